The summed E-state index contributed by atoms with van der Waals surface area (Å²) >= 11 is 10.6. The average Bonchev–Trinajstić information content (AvgIpc) is 3.97. The number of aliphatic imine (C=N–C) groups is 1. The number of Topliss-reactive ketones (excluding diaryl/α,β-unsaturated/α-hetero) is 1. The van der Waals surface area contributed by atoms with Gasteiger partial charge in [0.25, 0.3) is 0 Å². The lowest BCUT2D eigenvalue weighted by Crippen LogP contribution is -2.41. The molecule has 0 amide bonds. The van der Waals surface area contributed by atoms with Gasteiger partial charge in [-0.1, -0.05) is 47.8 Å². The molecule has 5 heterocycles. The Morgan fingerprint density at radius 3 is 1.79 bits per heavy atom. The molecule has 61 heavy (non-hydrogen) atoms. The molecular formula is C48H56Br3N7O3. The van der Waals surface area contributed by atoms with Crippen molar-refractivity contribution in [1.29, 1.82) is 0 Å². The Kier molecular flexibility index (Phi) is 14.2. The molecule has 5 aliphatic rings. The summed E-state index contributed by atoms with van der Waals surface area (Å²) in [6.45, 7) is 11.8. The van der Waals surface area contributed by atoms with Crippen LogP contribution >= 0.6 is 47.8 Å². The van der Waals surface area contributed by atoms with Gasteiger partial charge >= 0.3 is 0 Å². The molecule has 0 spiro atoms. The van der Waals surface area contributed by atoms with E-state index in [1.807, 2.05) is 12.1 Å². The minimum atomic E-state index is 0.253. The molecule has 1 unspecified atom stereocenters. The normalized spacial score (nSPS) is 20.2. The molecule has 6 aromatic rings. The number of nitrogens with one attached hydrogen (secondary N) is 4. The maximum Gasteiger partial charge on any atom is 0.179 e. The van der Waals surface area contributed by atoms with Crippen LogP contribution in [-0.2, 0) is 28.7 Å². The highest BCUT2D eigenvalue weighted by Gasteiger charge is 2.25. The lowest BCUT2D eigenvalue weighted by molar-refractivity contribution is 0.0380. The van der Waals surface area contributed by atoms with Crippen LogP contribution in [0.1, 0.15) is 83.1 Å². The Hall–Kier alpha value is -3.14. The molecule has 3 aromatic carbocycles. The fourth-order valence-electron chi connectivity index (χ4n) is 9.72. The molecule has 3 aromatic heterocycles. The van der Waals surface area contributed by atoms with E-state index in [2.05, 4.69) is 120 Å². The van der Waals surface area contributed by atoms with E-state index in [1.165, 1.54) is 86.7 Å². The van der Waals surface area contributed by atoms with Crippen molar-refractivity contribution >= 4 is 92.0 Å². The number of halogens is 3. The standard InChI is InChI=1S/C18H24BrN3O.C18H22BrN3O.C12H10BrNO/c2*19-13-4-5-16-15(12-13)14-2-1-3-17(18(14)21-16)20-6-7-22-8-10-23-11-9-22;13-7-4-5-10-9(6-7)8-2-1-3-11(15)12(8)14-10/h4-5,12,17,20-21H,1-3,6-11H2;4-5,12,21H,1-3,6-11H2;4-6,14H,1-3H2. The number of ketones is 1. The summed E-state index contributed by atoms with van der Waals surface area (Å²) < 4.78 is 14.2. The Labute approximate surface area is 383 Å². The molecule has 11 rings (SSSR count). The number of nitrogens with zero attached hydrogens (tertiary/aromatic N) is 3. The third-order valence-corrected chi connectivity index (χ3v) is 14.4. The smallest absolute Gasteiger partial charge is 0.179 e. The van der Waals surface area contributed by atoms with Crippen LogP contribution in [0.4, 0.5) is 0 Å². The molecule has 2 aliphatic heterocycles. The Balaban J connectivity index is 0.000000120. The number of hydrogen-bond acceptors (Lipinski definition) is 7. The molecule has 2 fully saturated rings. The van der Waals surface area contributed by atoms with E-state index in [0.717, 1.165) is 129 Å². The number of aryl methyl sites for hydroxylation is 3. The predicted octanol–water partition coefficient (Wildman–Crippen LogP) is 10.1. The molecule has 322 valence electrons. The number of ether oxygens (including phenoxy) is 2. The zero-order valence-electron chi connectivity index (χ0n) is 34.8. The first-order valence-corrected chi connectivity index (χ1v) is 24.6. The molecule has 0 bridgehead atoms. The molecule has 3 aliphatic carbocycles. The van der Waals surface area contributed by atoms with Crippen molar-refractivity contribution in [1.82, 2.24) is 30.1 Å². The Morgan fingerprint density at radius 1 is 0.623 bits per heavy atom. The van der Waals surface area contributed by atoms with Crippen molar-refractivity contribution < 1.29 is 14.3 Å². The summed E-state index contributed by atoms with van der Waals surface area (Å²) in [5, 5.41) is 7.69. The van der Waals surface area contributed by atoms with E-state index < -0.39 is 0 Å². The van der Waals surface area contributed by atoms with Crippen LogP contribution in [0, 0.1) is 0 Å². The Bertz CT molecular complexity index is 2510. The SMILES string of the molecule is Brc1ccc2[nH]c3c(c2c1)CCCC3=NCCN1CCOCC1.Brc1ccc2[nH]c3c(c2c1)CCCC3NCCN1CCOCC1.O=C1CCCc2c1[nH]c1ccc(Br)cc21. The van der Waals surface area contributed by atoms with Gasteiger partial charge in [0, 0.05) is 110 Å². The van der Waals surface area contributed by atoms with Gasteiger partial charge in [0.05, 0.1) is 50.1 Å². The minimum absolute atomic E-state index is 0.253. The summed E-state index contributed by atoms with van der Waals surface area (Å²) in [4.78, 5) is 32.0. The molecule has 1 atom stereocenters. The summed E-state index contributed by atoms with van der Waals surface area (Å²) in [6.07, 6.45) is 9.78. The third-order valence-electron chi connectivity index (χ3n) is 12.9. The van der Waals surface area contributed by atoms with Crippen LogP contribution in [0.15, 0.2) is 73.0 Å². The van der Waals surface area contributed by atoms with Gasteiger partial charge in [0.15, 0.2) is 5.78 Å². The van der Waals surface area contributed by atoms with Crippen molar-refractivity contribution in [2.75, 3.05) is 78.8 Å². The molecule has 0 saturated carbocycles. The van der Waals surface area contributed by atoms with Crippen molar-refractivity contribution in [3.8, 4) is 0 Å². The monoisotopic (exact) mass is 1020 g/mol. The number of hydrogen-bond donors (Lipinski definition) is 4. The van der Waals surface area contributed by atoms with Gasteiger partial charge < -0.3 is 29.7 Å². The molecule has 4 N–H and O–H groups in total. The van der Waals surface area contributed by atoms with Crippen LogP contribution in [0.2, 0.25) is 0 Å². The molecule has 10 nitrogen and oxygen atoms in total. The first-order chi connectivity index (χ1) is 29.9. The molecular weight excluding hydrogens is 962 g/mol. The van der Waals surface area contributed by atoms with Crippen LogP contribution in [0.3, 0.4) is 0 Å². The van der Waals surface area contributed by atoms with E-state index in [1.54, 1.807) is 0 Å². The number of aromatic nitrogens is 3. The summed E-state index contributed by atoms with van der Waals surface area (Å²) in [5.41, 5.74) is 12.5. The van der Waals surface area contributed by atoms with Crippen LogP contribution in [0.25, 0.3) is 32.7 Å². The average molecular weight is 1020 g/mol. The highest BCUT2D eigenvalue weighted by atomic mass is 79.9. The number of morpholine rings is 2. The quantitative estimate of drug-likeness (QED) is 0.127. The van der Waals surface area contributed by atoms with Gasteiger partial charge in [-0.15, -0.1) is 0 Å². The van der Waals surface area contributed by atoms with Crippen molar-refractivity contribution in [3.05, 3.63) is 102 Å². The second kappa shape index (κ2) is 20.1. The number of H-pyrrole nitrogens is 3. The maximum atomic E-state index is 11.7. The van der Waals surface area contributed by atoms with Crippen molar-refractivity contribution in [2.24, 2.45) is 4.99 Å². The fourth-order valence-corrected chi connectivity index (χ4v) is 10.8. The first-order valence-electron chi connectivity index (χ1n) is 22.2. The topological polar surface area (TPSA) is 114 Å². The van der Waals surface area contributed by atoms with Crippen LogP contribution in [-0.4, -0.2) is 115 Å². The highest BCUT2D eigenvalue weighted by molar-refractivity contribution is 9.11. The van der Waals surface area contributed by atoms with Gasteiger partial charge in [-0.3, -0.25) is 19.6 Å². The van der Waals surface area contributed by atoms with Gasteiger partial charge in [-0.05, 0) is 123 Å². The van der Waals surface area contributed by atoms with E-state index >= 15 is 0 Å². The molecule has 13 heteroatoms. The number of fused-ring (bicyclic) bond motifs is 9. The van der Waals surface area contributed by atoms with Gasteiger partial charge in [0.1, 0.15) is 0 Å². The second-order valence-corrected chi connectivity index (χ2v) is 19.6. The van der Waals surface area contributed by atoms with Crippen LogP contribution in [0.5, 0.6) is 0 Å². The Morgan fingerprint density at radius 2 is 1.15 bits per heavy atom. The largest absolute Gasteiger partial charge is 0.379 e. The predicted molar refractivity (Wildman–Crippen MR) is 258 cm³/mol. The summed E-state index contributed by atoms with van der Waals surface area (Å²) in [6, 6.07) is 19.6. The molecule has 0 radical (unpaired) electrons. The summed E-state index contributed by atoms with van der Waals surface area (Å²) in [5.74, 6) is 0.253. The van der Waals surface area contributed by atoms with Gasteiger partial charge in [-0.2, -0.15) is 0 Å². The van der Waals surface area contributed by atoms with Crippen molar-refractivity contribution in [3.63, 3.8) is 0 Å². The third kappa shape index (κ3) is 10.1. The number of benzene rings is 3. The van der Waals surface area contributed by atoms with E-state index in [9.17, 15) is 4.79 Å². The highest BCUT2D eigenvalue weighted by Crippen LogP contribution is 2.36. The van der Waals surface area contributed by atoms with E-state index in [4.69, 9.17) is 14.5 Å². The van der Waals surface area contributed by atoms with Gasteiger partial charge in [-0.25, -0.2) is 0 Å². The molecule has 2 saturated heterocycles. The number of aromatic amines is 3. The van der Waals surface area contributed by atoms with Crippen LogP contribution < -0.4 is 5.32 Å². The summed E-state index contributed by atoms with van der Waals surface area (Å²) in [7, 11) is 0. The van der Waals surface area contributed by atoms with Crippen molar-refractivity contribution in [2.45, 2.75) is 63.8 Å². The lowest BCUT2D eigenvalue weighted by atomic mass is 9.92. The van der Waals surface area contributed by atoms with E-state index in [0.29, 0.717) is 12.5 Å². The zero-order valence-corrected chi connectivity index (χ0v) is 39.6. The fraction of sp³-hybridized carbons (Fsp3) is 0.458. The number of carbonyl (C=O) groups excluding carboxylic acids is 1. The second-order valence-electron chi connectivity index (χ2n) is 16.8. The number of carbonyl (C=O) groups is 1. The van der Waals surface area contributed by atoms with E-state index in [-0.39, 0.29) is 5.78 Å². The zero-order chi connectivity index (χ0) is 41.7. The first kappa shape index (κ1) is 43.1. The minimum Gasteiger partial charge on any atom is -0.379 e. The van der Waals surface area contributed by atoms with Gasteiger partial charge in [0.2, 0.25) is 0 Å². The lowest BCUT2D eigenvalue weighted by Gasteiger charge is -2.29. The maximum absolute atomic E-state index is 11.7. The number of rotatable bonds is 7.